The Bertz CT molecular complexity index is 1470. The van der Waals surface area contributed by atoms with E-state index in [1.54, 1.807) is 16.2 Å². The molecule has 0 spiro atoms. The Morgan fingerprint density at radius 1 is 1.08 bits per heavy atom. The van der Waals surface area contributed by atoms with Gasteiger partial charge in [0.25, 0.3) is 5.91 Å². The fourth-order valence-electron chi connectivity index (χ4n) is 4.52. The van der Waals surface area contributed by atoms with E-state index >= 15 is 0 Å². The number of thiophene rings is 1. The molecule has 4 aromatic rings. The number of nitrogens with zero attached hydrogens (tertiary/aromatic N) is 2. The number of carbonyl (C=O) groups is 2. The first-order valence-corrected chi connectivity index (χ1v) is 14.3. The quantitative estimate of drug-likeness (QED) is 0.206. The van der Waals surface area contributed by atoms with Crippen LogP contribution in [-0.4, -0.2) is 32.1 Å². The van der Waals surface area contributed by atoms with Crippen LogP contribution in [0.5, 0.6) is 0 Å². The maximum atomic E-state index is 13.3. The molecule has 3 heterocycles. The summed E-state index contributed by atoms with van der Waals surface area (Å²) in [5.74, 6) is -0.109. The second-order valence-corrected chi connectivity index (χ2v) is 11.5. The number of aryl methyl sites for hydroxylation is 1. The molecule has 5 nitrogen and oxygen atoms in total. The van der Waals surface area contributed by atoms with Crippen molar-refractivity contribution in [1.82, 2.24) is 14.8 Å². The van der Waals surface area contributed by atoms with Crippen molar-refractivity contribution in [3.05, 3.63) is 98.7 Å². The van der Waals surface area contributed by atoms with Gasteiger partial charge in [-0.15, -0.1) is 11.3 Å². The lowest BCUT2D eigenvalue weighted by molar-refractivity contribution is -0.122. The largest absolute Gasteiger partial charge is 0.350 e. The van der Waals surface area contributed by atoms with Gasteiger partial charge in [0.1, 0.15) is 10.9 Å². The minimum atomic E-state index is -0.0628. The molecule has 1 N–H and O–H groups in total. The van der Waals surface area contributed by atoms with Crippen molar-refractivity contribution in [3.8, 4) is 0 Å². The number of rotatable bonds is 9. The topological polar surface area (TPSA) is 54.3 Å². The van der Waals surface area contributed by atoms with E-state index in [9.17, 15) is 9.59 Å². The molecule has 0 radical (unpaired) electrons. The summed E-state index contributed by atoms with van der Waals surface area (Å²) in [7, 11) is 0. The van der Waals surface area contributed by atoms with Crippen molar-refractivity contribution in [3.63, 3.8) is 0 Å². The van der Waals surface area contributed by atoms with E-state index in [2.05, 4.69) is 36.5 Å². The molecule has 37 heavy (non-hydrogen) atoms. The standard InChI is InChI=1S/C29H27N3O2S3/c1-2-21-10-6-12-24-22(18-31(27(21)24)19-26(33)30-17-23-11-7-15-36-23)16-25-28(34)32(29(35)37-25)14-13-20-8-4-3-5-9-20/h3-12,15-16,18H,2,13-14,17,19H2,1H3,(H,30,33)/b25-16-. The fourth-order valence-corrected chi connectivity index (χ4v) is 6.46. The Labute approximate surface area is 230 Å². The van der Waals surface area contributed by atoms with Crippen LogP contribution in [0.4, 0.5) is 0 Å². The summed E-state index contributed by atoms with van der Waals surface area (Å²) < 4.78 is 2.58. The zero-order valence-electron chi connectivity index (χ0n) is 20.5. The van der Waals surface area contributed by atoms with E-state index in [0.29, 0.717) is 22.3 Å². The second kappa shape index (κ2) is 11.5. The van der Waals surface area contributed by atoms with Gasteiger partial charge in [-0.25, -0.2) is 0 Å². The van der Waals surface area contributed by atoms with Crippen LogP contribution in [0.15, 0.2) is 77.1 Å². The predicted octanol–water partition coefficient (Wildman–Crippen LogP) is 6.03. The first-order chi connectivity index (χ1) is 18.0. The molecule has 0 aliphatic carbocycles. The Kier molecular flexibility index (Phi) is 7.88. The molecule has 2 aromatic heterocycles. The van der Waals surface area contributed by atoms with E-state index in [4.69, 9.17) is 12.2 Å². The number of thioether (sulfide) groups is 1. The first-order valence-electron chi connectivity index (χ1n) is 12.2. The molecule has 1 fully saturated rings. The highest BCUT2D eigenvalue weighted by atomic mass is 32.2. The summed E-state index contributed by atoms with van der Waals surface area (Å²) in [6.07, 6.45) is 5.49. The zero-order valence-corrected chi connectivity index (χ0v) is 22.9. The third-order valence-electron chi connectivity index (χ3n) is 6.37. The molecular weight excluding hydrogens is 519 g/mol. The van der Waals surface area contributed by atoms with Crippen LogP contribution in [0.2, 0.25) is 0 Å². The Morgan fingerprint density at radius 3 is 2.68 bits per heavy atom. The van der Waals surface area contributed by atoms with Crippen LogP contribution < -0.4 is 5.32 Å². The number of benzene rings is 2. The van der Waals surface area contributed by atoms with E-state index in [1.807, 2.05) is 58.6 Å². The van der Waals surface area contributed by atoms with E-state index in [1.165, 1.54) is 22.9 Å². The molecule has 5 rings (SSSR count). The van der Waals surface area contributed by atoms with Gasteiger partial charge in [0.2, 0.25) is 5.91 Å². The second-order valence-electron chi connectivity index (χ2n) is 8.80. The summed E-state index contributed by atoms with van der Waals surface area (Å²) in [5, 5.41) is 6.05. The highest BCUT2D eigenvalue weighted by Gasteiger charge is 2.32. The molecule has 2 amide bonds. The third kappa shape index (κ3) is 5.71. The zero-order chi connectivity index (χ0) is 25.8. The number of aromatic nitrogens is 1. The third-order valence-corrected chi connectivity index (χ3v) is 8.63. The van der Waals surface area contributed by atoms with Gasteiger partial charge in [-0.3, -0.25) is 14.5 Å². The Morgan fingerprint density at radius 2 is 1.92 bits per heavy atom. The maximum Gasteiger partial charge on any atom is 0.266 e. The summed E-state index contributed by atoms with van der Waals surface area (Å²) in [4.78, 5) is 29.5. The van der Waals surface area contributed by atoms with Crippen molar-refractivity contribution < 1.29 is 9.59 Å². The van der Waals surface area contributed by atoms with Crippen molar-refractivity contribution in [2.45, 2.75) is 32.9 Å². The highest BCUT2D eigenvalue weighted by molar-refractivity contribution is 8.26. The van der Waals surface area contributed by atoms with Crippen molar-refractivity contribution in [2.75, 3.05) is 6.54 Å². The smallest absolute Gasteiger partial charge is 0.266 e. The molecule has 0 saturated carbocycles. The van der Waals surface area contributed by atoms with Crippen molar-refractivity contribution in [1.29, 1.82) is 0 Å². The molecule has 0 unspecified atom stereocenters. The number of thiocarbonyl (C=S) groups is 1. The summed E-state index contributed by atoms with van der Waals surface area (Å²) in [5.41, 5.74) is 4.29. The number of nitrogens with one attached hydrogen (secondary N) is 1. The normalized spacial score (nSPS) is 14.7. The average Bonchev–Trinajstić information content (AvgIpc) is 3.62. The average molecular weight is 546 g/mol. The van der Waals surface area contributed by atoms with Crippen LogP contribution in [0.25, 0.3) is 17.0 Å². The number of carbonyl (C=O) groups excluding carboxylic acids is 2. The van der Waals surface area contributed by atoms with Crippen LogP contribution >= 0.6 is 35.3 Å². The van der Waals surface area contributed by atoms with Gasteiger partial charge in [-0.2, -0.15) is 0 Å². The number of amides is 2. The molecule has 0 bridgehead atoms. The minimum absolute atomic E-state index is 0.0463. The van der Waals surface area contributed by atoms with E-state index in [0.717, 1.165) is 34.2 Å². The van der Waals surface area contributed by atoms with Gasteiger partial charge in [0.15, 0.2) is 0 Å². The maximum absolute atomic E-state index is 13.3. The van der Waals surface area contributed by atoms with Crippen molar-refractivity contribution in [2.24, 2.45) is 0 Å². The van der Waals surface area contributed by atoms with Gasteiger partial charge in [0.05, 0.1) is 17.0 Å². The minimum Gasteiger partial charge on any atom is -0.350 e. The van der Waals surface area contributed by atoms with E-state index < -0.39 is 0 Å². The van der Waals surface area contributed by atoms with Gasteiger partial charge in [-0.1, -0.05) is 85.5 Å². The number of para-hydroxylation sites is 1. The summed E-state index contributed by atoms with van der Waals surface area (Å²) >= 11 is 8.52. The van der Waals surface area contributed by atoms with Gasteiger partial charge in [0, 0.05) is 28.6 Å². The fraction of sp³-hybridized carbons (Fsp3) is 0.207. The van der Waals surface area contributed by atoms with Gasteiger partial charge < -0.3 is 9.88 Å². The SMILES string of the molecule is CCc1cccc2c(/C=C3\SC(=S)N(CCc4ccccc4)C3=O)cn(CC(=O)NCc3cccs3)c12. The molecule has 188 valence electrons. The predicted molar refractivity (Wildman–Crippen MR) is 158 cm³/mol. The summed E-state index contributed by atoms with van der Waals surface area (Å²) in [6.45, 7) is 3.40. The molecule has 0 atom stereocenters. The van der Waals surface area contributed by atoms with Gasteiger partial charge >= 0.3 is 0 Å². The molecule has 8 heteroatoms. The van der Waals surface area contributed by atoms with Gasteiger partial charge in [-0.05, 0) is 41.5 Å². The molecule has 2 aromatic carbocycles. The monoisotopic (exact) mass is 545 g/mol. The highest BCUT2D eigenvalue weighted by Crippen LogP contribution is 2.35. The Hall–Kier alpha value is -3.20. The summed E-state index contributed by atoms with van der Waals surface area (Å²) in [6, 6.07) is 20.3. The van der Waals surface area contributed by atoms with Crippen molar-refractivity contribution >= 4 is 68.4 Å². The van der Waals surface area contributed by atoms with E-state index in [-0.39, 0.29) is 18.4 Å². The van der Waals surface area contributed by atoms with Crippen LogP contribution in [-0.2, 0) is 35.5 Å². The lowest BCUT2D eigenvalue weighted by Gasteiger charge is -2.14. The lowest BCUT2D eigenvalue weighted by Crippen LogP contribution is -2.30. The lowest BCUT2D eigenvalue weighted by atomic mass is 10.1. The molecular formula is C29H27N3O2S3. The first kappa shape index (κ1) is 25.4. The van der Waals surface area contributed by atoms with Crippen LogP contribution in [0.3, 0.4) is 0 Å². The Balaban J connectivity index is 1.38. The molecule has 1 aliphatic heterocycles. The molecule has 1 aliphatic rings. The number of hydrogen-bond donors (Lipinski definition) is 1. The van der Waals surface area contributed by atoms with Crippen LogP contribution in [0.1, 0.15) is 28.5 Å². The number of hydrogen-bond acceptors (Lipinski definition) is 5. The molecule has 1 saturated heterocycles. The number of fused-ring (bicyclic) bond motifs is 1. The van der Waals surface area contributed by atoms with Crippen LogP contribution in [0, 0.1) is 0 Å².